The summed E-state index contributed by atoms with van der Waals surface area (Å²) in [5.41, 5.74) is 1.28. The lowest BCUT2D eigenvalue weighted by molar-refractivity contribution is 0.117. The first-order valence-corrected chi connectivity index (χ1v) is 7.86. The van der Waals surface area contributed by atoms with Crippen LogP contribution in [0.4, 0.5) is 0 Å². The summed E-state index contributed by atoms with van der Waals surface area (Å²) >= 11 is 5.94. The molecule has 1 aliphatic rings. The molecule has 4 heteroatoms. The standard InChI is InChI=1S/C16H25ClN2O/c1-18-16(14-4-6-15(17)7-5-14)8-10-19-9-2-3-13(11-19)12-20/h4-7,13,16,18,20H,2-3,8-12H2,1H3. The molecule has 1 saturated heterocycles. The van der Waals surface area contributed by atoms with E-state index in [2.05, 4.69) is 22.3 Å². The number of nitrogens with zero attached hydrogens (tertiary/aromatic N) is 1. The highest BCUT2D eigenvalue weighted by molar-refractivity contribution is 6.30. The maximum atomic E-state index is 9.28. The van der Waals surface area contributed by atoms with Crippen LogP contribution in [0.1, 0.15) is 30.9 Å². The number of likely N-dealkylation sites (tertiary alicyclic amines) is 1. The number of rotatable bonds is 6. The first-order chi connectivity index (χ1) is 9.72. The Kier molecular flexibility index (Phi) is 6.30. The lowest BCUT2D eigenvalue weighted by Crippen LogP contribution is -2.38. The molecule has 2 atom stereocenters. The number of nitrogens with one attached hydrogen (secondary N) is 1. The summed E-state index contributed by atoms with van der Waals surface area (Å²) in [4.78, 5) is 2.48. The first kappa shape index (κ1) is 15.8. The smallest absolute Gasteiger partial charge is 0.0471 e. The molecule has 0 radical (unpaired) electrons. The predicted molar refractivity (Wildman–Crippen MR) is 84.1 cm³/mol. The fourth-order valence-corrected chi connectivity index (χ4v) is 3.11. The SMILES string of the molecule is CNC(CCN1CCCC(CO)C1)c1ccc(Cl)cc1. The van der Waals surface area contributed by atoms with Crippen molar-refractivity contribution in [3.8, 4) is 0 Å². The van der Waals surface area contributed by atoms with E-state index in [1.54, 1.807) is 0 Å². The number of aliphatic hydroxyl groups excluding tert-OH is 1. The third-order valence-electron chi connectivity index (χ3n) is 4.22. The van der Waals surface area contributed by atoms with E-state index in [1.807, 2.05) is 19.2 Å². The van der Waals surface area contributed by atoms with Gasteiger partial charge in [0.15, 0.2) is 0 Å². The minimum atomic E-state index is 0.323. The van der Waals surface area contributed by atoms with E-state index in [4.69, 9.17) is 11.6 Å². The Balaban J connectivity index is 1.85. The summed E-state index contributed by atoms with van der Waals surface area (Å²) in [5.74, 6) is 0.465. The van der Waals surface area contributed by atoms with Gasteiger partial charge in [-0.3, -0.25) is 0 Å². The fourth-order valence-electron chi connectivity index (χ4n) is 2.99. The molecule has 20 heavy (non-hydrogen) atoms. The molecule has 2 N–H and O–H groups in total. The van der Waals surface area contributed by atoms with Gasteiger partial charge in [0.05, 0.1) is 0 Å². The van der Waals surface area contributed by atoms with E-state index < -0.39 is 0 Å². The summed E-state index contributed by atoms with van der Waals surface area (Å²) in [6, 6.07) is 8.45. The van der Waals surface area contributed by atoms with Gasteiger partial charge in [-0.1, -0.05) is 23.7 Å². The average molecular weight is 297 g/mol. The average Bonchev–Trinajstić information content (AvgIpc) is 2.50. The van der Waals surface area contributed by atoms with Gasteiger partial charge in [-0.2, -0.15) is 0 Å². The van der Waals surface area contributed by atoms with Crippen LogP contribution in [-0.2, 0) is 0 Å². The van der Waals surface area contributed by atoms with Gasteiger partial charge in [0, 0.05) is 24.2 Å². The van der Waals surface area contributed by atoms with Crippen molar-refractivity contribution in [2.45, 2.75) is 25.3 Å². The zero-order chi connectivity index (χ0) is 14.4. The van der Waals surface area contributed by atoms with Crippen molar-refractivity contribution in [3.63, 3.8) is 0 Å². The molecule has 0 spiro atoms. The van der Waals surface area contributed by atoms with Gasteiger partial charge >= 0.3 is 0 Å². The van der Waals surface area contributed by atoms with Crippen molar-refractivity contribution in [2.24, 2.45) is 5.92 Å². The second-order valence-corrected chi connectivity index (χ2v) is 6.11. The largest absolute Gasteiger partial charge is 0.396 e. The van der Waals surface area contributed by atoms with Crippen LogP contribution in [-0.4, -0.2) is 43.3 Å². The van der Waals surface area contributed by atoms with E-state index in [-0.39, 0.29) is 0 Å². The minimum absolute atomic E-state index is 0.323. The molecule has 1 heterocycles. The summed E-state index contributed by atoms with van der Waals surface area (Å²) in [6.45, 7) is 3.59. The Bertz CT molecular complexity index is 396. The van der Waals surface area contributed by atoms with Crippen molar-refractivity contribution in [2.75, 3.05) is 33.3 Å². The van der Waals surface area contributed by atoms with Crippen LogP contribution in [0.25, 0.3) is 0 Å². The highest BCUT2D eigenvalue weighted by Crippen LogP contribution is 2.21. The van der Waals surface area contributed by atoms with E-state index in [0.717, 1.165) is 31.1 Å². The van der Waals surface area contributed by atoms with Crippen LogP contribution >= 0.6 is 11.6 Å². The zero-order valence-corrected chi connectivity index (χ0v) is 12.9. The van der Waals surface area contributed by atoms with Crippen molar-refractivity contribution in [1.29, 1.82) is 0 Å². The maximum Gasteiger partial charge on any atom is 0.0471 e. The fraction of sp³-hybridized carbons (Fsp3) is 0.625. The van der Waals surface area contributed by atoms with Crippen LogP contribution in [0.15, 0.2) is 24.3 Å². The van der Waals surface area contributed by atoms with Crippen LogP contribution in [0.3, 0.4) is 0 Å². The number of piperidine rings is 1. The molecular formula is C16H25ClN2O. The highest BCUT2D eigenvalue weighted by Gasteiger charge is 2.20. The molecule has 2 unspecified atom stereocenters. The monoisotopic (exact) mass is 296 g/mol. The van der Waals surface area contributed by atoms with Gasteiger partial charge < -0.3 is 15.3 Å². The summed E-state index contributed by atoms with van der Waals surface area (Å²) in [6.07, 6.45) is 3.45. The first-order valence-electron chi connectivity index (χ1n) is 7.49. The Morgan fingerprint density at radius 2 is 2.15 bits per heavy atom. The summed E-state index contributed by atoms with van der Waals surface area (Å²) < 4.78 is 0. The highest BCUT2D eigenvalue weighted by atomic mass is 35.5. The Hall–Kier alpha value is -0.610. The predicted octanol–water partition coefficient (Wildman–Crippen LogP) is 2.69. The number of hydrogen-bond donors (Lipinski definition) is 2. The maximum absolute atomic E-state index is 9.28. The van der Waals surface area contributed by atoms with Gasteiger partial charge in [0.2, 0.25) is 0 Å². The number of benzene rings is 1. The second kappa shape index (κ2) is 7.99. The zero-order valence-electron chi connectivity index (χ0n) is 12.2. The lowest BCUT2D eigenvalue weighted by atomic mass is 9.98. The molecule has 0 aliphatic carbocycles. The Morgan fingerprint density at radius 3 is 2.80 bits per heavy atom. The van der Waals surface area contributed by atoms with E-state index in [1.165, 1.54) is 18.4 Å². The number of hydrogen-bond acceptors (Lipinski definition) is 3. The van der Waals surface area contributed by atoms with Crippen LogP contribution in [0, 0.1) is 5.92 Å². The van der Waals surface area contributed by atoms with Crippen LogP contribution in [0.5, 0.6) is 0 Å². The molecule has 0 bridgehead atoms. The van der Waals surface area contributed by atoms with E-state index in [9.17, 15) is 5.11 Å². The third-order valence-corrected chi connectivity index (χ3v) is 4.47. The molecule has 2 rings (SSSR count). The Morgan fingerprint density at radius 1 is 1.40 bits per heavy atom. The molecule has 0 amide bonds. The lowest BCUT2D eigenvalue weighted by Gasteiger charge is -2.32. The third kappa shape index (κ3) is 4.45. The molecule has 112 valence electrons. The minimum Gasteiger partial charge on any atom is -0.396 e. The van der Waals surface area contributed by atoms with Gasteiger partial charge in [-0.15, -0.1) is 0 Å². The van der Waals surface area contributed by atoms with Gasteiger partial charge in [-0.25, -0.2) is 0 Å². The van der Waals surface area contributed by atoms with Gasteiger partial charge in [-0.05, 0) is 63.0 Å². The molecule has 1 aromatic carbocycles. The molecule has 0 saturated carbocycles. The van der Waals surface area contributed by atoms with Crippen LogP contribution < -0.4 is 5.32 Å². The van der Waals surface area contributed by atoms with Gasteiger partial charge in [0.1, 0.15) is 0 Å². The Labute approximate surface area is 126 Å². The summed E-state index contributed by atoms with van der Waals surface area (Å²) in [7, 11) is 2.01. The molecule has 0 aromatic heterocycles. The van der Waals surface area contributed by atoms with E-state index in [0.29, 0.717) is 18.6 Å². The van der Waals surface area contributed by atoms with Gasteiger partial charge in [0.25, 0.3) is 0 Å². The number of aliphatic hydroxyl groups is 1. The second-order valence-electron chi connectivity index (χ2n) is 5.67. The van der Waals surface area contributed by atoms with Crippen molar-refractivity contribution < 1.29 is 5.11 Å². The van der Waals surface area contributed by atoms with Crippen molar-refractivity contribution >= 4 is 11.6 Å². The topological polar surface area (TPSA) is 35.5 Å². The molecular weight excluding hydrogens is 272 g/mol. The molecule has 1 aliphatic heterocycles. The summed E-state index contributed by atoms with van der Waals surface area (Å²) in [5, 5.41) is 13.5. The van der Waals surface area contributed by atoms with E-state index >= 15 is 0 Å². The number of halogens is 1. The normalized spacial score (nSPS) is 21.9. The molecule has 3 nitrogen and oxygen atoms in total. The molecule has 1 aromatic rings. The quantitative estimate of drug-likeness (QED) is 0.847. The van der Waals surface area contributed by atoms with Crippen LogP contribution in [0.2, 0.25) is 5.02 Å². The van der Waals surface area contributed by atoms with Crippen molar-refractivity contribution in [1.82, 2.24) is 10.2 Å². The molecule has 1 fully saturated rings. The van der Waals surface area contributed by atoms with Crippen molar-refractivity contribution in [3.05, 3.63) is 34.9 Å².